The van der Waals surface area contributed by atoms with Crippen LogP contribution in [0.25, 0.3) is 11.0 Å². The third-order valence-corrected chi connectivity index (χ3v) is 4.17. The fourth-order valence-electron chi connectivity index (χ4n) is 2.54. The lowest BCUT2D eigenvalue weighted by atomic mass is 10.1. The predicted octanol–water partition coefficient (Wildman–Crippen LogP) is 3.88. The van der Waals surface area contributed by atoms with Crippen molar-refractivity contribution in [3.05, 3.63) is 58.8 Å². The molecule has 0 spiro atoms. The maximum atomic E-state index is 12.7. The van der Waals surface area contributed by atoms with Crippen molar-refractivity contribution in [2.24, 2.45) is 0 Å². The number of nitrogens with zero attached hydrogens (tertiary/aromatic N) is 1. The van der Waals surface area contributed by atoms with E-state index in [1.165, 1.54) is 4.90 Å². The minimum Gasteiger partial charge on any atom is -0.450 e. The number of anilines is 2. The molecule has 0 aliphatic carbocycles. The number of amides is 1. The lowest BCUT2D eigenvalue weighted by Gasteiger charge is -2.14. The first kappa shape index (κ1) is 16.1. The summed E-state index contributed by atoms with van der Waals surface area (Å²) in [5, 5.41) is 0.956. The van der Waals surface area contributed by atoms with Gasteiger partial charge < -0.3 is 15.1 Å². The Morgan fingerprint density at radius 2 is 2.04 bits per heavy atom. The standard InChI is InChI=1S/C18H15ClN2O3/c1-2-21(10-22)11-7-8-13-15(9-11)24-18(16(13)20)17(23)12-5-3-4-6-14(12)19/h3-10H,2,20H2,1H3. The Hall–Kier alpha value is -2.79. The van der Waals surface area contributed by atoms with Crippen LogP contribution in [0.1, 0.15) is 23.0 Å². The van der Waals surface area contributed by atoms with Gasteiger partial charge in [0, 0.05) is 29.2 Å². The molecule has 0 unspecified atom stereocenters. The molecule has 3 rings (SSSR count). The van der Waals surface area contributed by atoms with Crippen LogP contribution in [0.15, 0.2) is 46.9 Å². The average Bonchev–Trinajstić information content (AvgIpc) is 2.92. The highest BCUT2D eigenvalue weighted by molar-refractivity contribution is 6.35. The highest BCUT2D eigenvalue weighted by Gasteiger charge is 2.22. The summed E-state index contributed by atoms with van der Waals surface area (Å²) in [6.45, 7) is 2.39. The number of hydrogen-bond acceptors (Lipinski definition) is 4. The molecule has 0 aliphatic rings. The second-order valence-corrected chi connectivity index (χ2v) is 5.63. The van der Waals surface area contributed by atoms with Crippen LogP contribution in [0.3, 0.4) is 0 Å². The second kappa shape index (κ2) is 6.37. The molecule has 3 aromatic rings. The van der Waals surface area contributed by atoms with E-state index in [1.807, 2.05) is 6.92 Å². The molecule has 1 aromatic heterocycles. The molecule has 0 aliphatic heterocycles. The number of fused-ring (bicyclic) bond motifs is 1. The summed E-state index contributed by atoms with van der Waals surface area (Å²) in [6.07, 6.45) is 0.739. The lowest BCUT2D eigenvalue weighted by Crippen LogP contribution is -2.19. The Morgan fingerprint density at radius 3 is 2.71 bits per heavy atom. The number of nitrogens with two attached hydrogens (primary N) is 1. The van der Waals surface area contributed by atoms with Crippen LogP contribution in [-0.2, 0) is 4.79 Å². The first-order chi connectivity index (χ1) is 11.6. The van der Waals surface area contributed by atoms with Gasteiger partial charge in [0.05, 0.1) is 10.7 Å². The predicted molar refractivity (Wildman–Crippen MR) is 94.6 cm³/mol. The van der Waals surface area contributed by atoms with Crippen molar-refractivity contribution in [2.75, 3.05) is 17.2 Å². The topological polar surface area (TPSA) is 76.5 Å². The van der Waals surface area contributed by atoms with Crippen LogP contribution in [0, 0.1) is 0 Å². The SMILES string of the molecule is CCN(C=O)c1ccc2c(N)c(C(=O)c3ccccc3Cl)oc2c1. The van der Waals surface area contributed by atoms with Gasteiger partial charge in [-0.1, -0.05) is 23.7 Å². The van der Waals surface area contributed by atoms with E-state index >= 15 is 0 Å². The number of hydrogen-bond donors (Lipinski definition) is 1. The molecule has 5 nitrogen and oxygen atoms in total. The summed E-state index contributed by atoms with van der Waals surface area (Å²) in [4.78, 5) is 25.3. The minimum atomic E-state index is -0.376. The van der Waals surface area contributed by atoms with E-state index in [-0.39, 0.29) is 17.2 Å². The van der Waals surface area contributed by atoms with Crippen molar-refractivity contribution in [1.82, 2.24) is 0 Å². The molecule has 6 heteroatoms. The monoisotopic (exact) mass is 342 g/mol. The number of benzene rings is 2. The molecule has 0 atom stereocenters. The molecule has 122 valence electrons. The summed E-state index contributed by atoms with van der Waals surface area (Å²) >= 11 is 6.08. The van der Waals surface area contributed by atoms with E-state index in [1.54, 1.807) is 42.5 Å². The largest absolute Gasteiger partial charge is 0.450 e. The van der Waals surface area contributed by atoms with Crippen LogP contribution in [0.5, 0.6) is 0 Å². The second-order valence-electron chi connectivity index (χ2n) is 5.23. The number of ketones is 1. The molecule has 24 heavy (non-hydrogen) atoms. The van der Waals surface area contributed by atoms with Gasteiger partial charge in [0.25, 0.3) is 0 Å². The Kier molecular flexibility index (Phi) is 4.27. The van der Waals surface area contributed by atoms with Gasteiger partial charge in [-0.3, -0.25) is 9.59 Å². The maximum Gasteiger partial charge on any atom is 0.231 e. The van der Waals surface area contributed by atoms with Gasteiger partial charge in [-0.25, -0.2) is 0 Å². The first-order valence-corrected chi connectivity index (χ1v) is 7.77. The molecule has 1 amide bonds. The van der Waals surface area contributed by atoms with E-state index < -0.39 is 0 Å². The molecule has 0 radical (unpaired) electrons. The Morgan fingerprint density at radius 1 is 1.29 bits per heavy atom. The zero-order valence-corrected chi connectivity index (χ0v) is 13.7. The van der Waals surface area contributed by atoms with Gasteiger partial charge >= 0.3 is 0 Å². The number of halogens is 1. The van der Waals surface area contributed by atoms with Crippen molar-refractivity contribution in [3.8, 4) is 0 Å². The summed E-state index contributed by atoms with van der Waals surface area (Å²) < 4.78 is 5.67. The molecular formula is C18H15ClN2O3. The van der Waals surface area contributed by atoms with Gasteiger partial charge in [-0.2, -0.15) is 0 Å². The highest BCUT2D eigenvalue weighted by atomic mass is 35.5. The van der Waals surface area contributed by atoms with Crippen molar-refractivity contribution >= 4 is 46.1 Å². The number of carbonyl (C=O) groups excluding carboxylic acids is 2. The summed E-state index contributed by atoms with van der Waals surface area (Å²) in [5.74, 6) is -0.331. The smallest absolute Gasteiger partial charge is 0.231 e. The molecule has 0 saturated heterocycles. The van der Waals surface area contributed by atoms with Crippen LogP contribution in [0.2, 0.25) is 5.02 Å². The zero-order valence-electron chi connectivity index (χ0n) is 13.0. The molecule has 0 saturated carbocycles. The maximum absolute atomic E-state index is 12.7. The fourth-order valence-corrected chi connectivity index (χ4v) is 2.76. The third kappa shape index (κ3) is 2.63. The van der Waals surface area contributed by atoms with E-state index in [0.29, 0.717) is 33.8 Å². The summed E-state index contributed by atoms with van der Waals surface area (Å²) in [7, 11) is 0. The Bertz CT molecular complexity index is 933. The van der Waals surface area contributed by atoms with Crippen molar-refractivity contribution < 1.29 is 14.0 Å². The number of furan rings is 1. The van der Waals surface area contributed by atoms with Crippen LogP contribution in [-0.4, -0.2) is 18.7 Å². The number of nitrogen functional groups attached to an aromatic ring is 1. The van der Waals surface area contributed by atoms with Crippen LogP contribution >= 0.6 is 11.6 Å². The van der Waals surface area contributed by atoms with Gasteiger partial charge in [-0.05, 0) is 31.2 Å². The van der Waals surface area contributed by atoms with Gasteiger partial charge in [-0.15, -0.1) is 0 Å². The summed E-state index contributed by atoms with van der Waals surface area (Å²) in [6, 6.07) is 11.9. The number of rotatable bonds is 5. The lowest BCUT2D eigenvalue weighted by molar-refractivity contribution is -0.107. The van der Waals surface area contributed by atoms with E-state index in [4.69, 9.17) is 21.8 Å². The minimum absolute atomic E-state index is 0.0457. The molecule has 0 fully saturated rings. The number of carbonyl (C=O) groups is 2. The van der Waals surface area contributed by atoms with Crippen molar-refractivity contribution in [1.29, 1.82) is 0 Å². The van der Waals surface area contributed by atoms with E-state index in [2.05, 4.69) is 0 Å². The van der Waals surface area contributed by atoms with Crippen LogP contribution in [0.4, 0.5) is 11.4 Å². The van der Waals surface area contributed by atoms with Crippen molar-refractivity contribution in [2.45, 2.75) is 6.92 Å². The normalized spacial score (nSPS) is 10.8. The fraction of sp³-hybridized carbons (Fsp3) is 0.111. The zero-order chi connectivity index (χ0) is 17.3. The molecular weight excluding hydrogens is 328 g/mol. The Balaban J connectivity index is 2.10. The van der Waals surface area contributed by atoms with Gasteiger partial charge in [0.1, 0.15) is 5.58 Å². The van der Waals surface area contributed by atoms with Crippen molar-refractivity contribution in [3.63, 3.8) is 0 Å². The molecule has 1 heterocycles. The van der Waals surface area contributed by atoms with E-state index in [0.717, 1.165) is 6.41 Å². The van der Waals surface area contributed by atoms with Gasteiger partial charge in [0.15, 0.2) is 5.76 Å². The molecule has 0 bridgehead atoms. The first-order valence-electron chi connectivity index (χ1n) is 7.40. The summed E-state index contributed by atoms with van der Waals surface area (Å²) in [5.41, 5.74) is 7.78. The van der Waals surface area contributed by atoms with Crippen LogP contribution < -0.4 is 10.6 Å². The molecule has 2 aromatic carbocycles. The quantitative estimate of drug-likeness (QED) is 0.564. The Labute approximate surface area is 143 Å². The highest BCUT2D eigenvalue weighted by Crippen LogP contribution is 2.33. The van der Waals surface area contributed by atoms with E-state index in [9.17, 15) is 9.59 Å². The molecule has 2 N–H and O–H groups in total. The average molecular weight is 343 g/mol. The van der Waals surface area contributed by atoms with Gasteiger partial charge in [0.2, 0.25) is 12.2 Å². The third-order valence-electron chi connectivity index (χ3n) is 3.84.